The molecule has 102 valence electrons. The van der Waals surface area contributed by atoms with Crippen LogP contribution in [0.15, 0.2) is 46.9 Å². The van der Waals surface area contributed by atoms with Crippen LogP contribution in [0.25, 0.3) is 0 Å². The summed E-state index contributed by atoms with van der Waals surface area (Å²) in [4.78, 5) is 23.0. The molecular formula is C15H12BrNO3. The van der Waals surface area contributed by atoms with Gasteiger partial charge in [0, 0.05) is 4.47 Å². The number of benzene rings is 2. The zero-order chi connectivity index (χ0) is 14.7. The van der Waals surface area contributed by atoms with Crippen molar-refractivity contribution in [2.24, 2.45) is 5.73 Å². The lowest BCUT2D eigenvalue weighted by Crippen LogP contribution is -2.12. The molecule has 0 spiro atoms. The number of amides is 1. The van der Waals surface area contributed by atoms with E-state index in [1.807, 2.05) is 0 Å². The highest BCUT2D eigenvalue weighted by molar-refractivity contribution is 9.10. The van der Waals surface area contributed by atoms with Crippen molar-refractivity contribution in [1.29, 1.82) is 0 Å². The summed E-state index contributed by atoms with van der Waals surface area (Å²) in [5.41, 5.74) is 5.99. The third-order valence-electron chi connectivity index (χ3n) is 2.69. The number of rotatable bonds is 4. The molecule has 0 atom stereocenters. The predicted molar refractivity (Wildman–Crippen MR) is 79.2 cm³/mol. The Bertz CT molecular complexity index is 683. The molecule has 0 aliphatic carbocycles. The van der Waals surface area contributed by atoms with Gasteiger partial charge in [-0.3, -0.25) is 9.59 Å². The van der Waals surface area contributed by atoms with Gasteiger partial charge in [-0.2, -0.15) is 0 Å². The van der Waals surface area contributed by atoms with E-state index in [-0.39, 0.29) is 11.3 Å². The molecule has 5 heteroatoms. The van der Waals surface area contributed by atoms with Gasteiger partial charge in [-0.05, 0) is 37.3 Å². The van der Waals surface area contributed by atoms with Gasteiger partial charge in [-0.15, -0.1) is 0 Å². The zero-order valence-corrected chi connectivity index (χ0v) is 12.3. The fourth-order valence-electron chi connectivity index (χ4n) is 1.74. The molecule has 0 unspecified atom stereocenters. The monoisotopic (exact) mass is 333 g/mol. The molecule has 0 aliphatic rings. The summed E-state index contributed by atoms with van der Waals surface area (Å²) >= 11 is 3.31. The number of ether oxygens (including phenoxy) is 1. The van der Waals surface area contributed by atoms with Crippen LogP contribution in [0.3, 0.4) is 0 Å². The number of hydrogen-bond acceptors (Lipinski definition) is 3. The number of para-hydroxylation sites is 1. The van der Waals surface area contributed by atoms with E-state index >= 15 is 0 Å². The molecular weight excluding hydrogens is 322 g/mol. The number of nitrogens with two attached hydrogens (primary N) is 1. The minimum absolute atomic E-state index is 0.127. The Hall–Kier alpha value is -2.14. The molecule has 0 aromatic heterocycles. The second kappa shape index (κ2) is 5.88. The Morgan fingerprint density at radius 3 is 2.35 bits per heavy atom. The van der Waals surface area contributed by atoms with Gasteiger partial charge >= 0.3 is 0 Å². The molecule has 0 radical (unpaired) electrons. The molecule has 2 N–H and O–H groups in total. The first-order valence-corrected chi connectivity index (χ1v) is 6.65. The standard InChI is InChI=1S/C15H12BrNO3/c1-9(18)12-8-10(16)6-7-14(12)20-13-5-3-2-4-11(13)15(17)19/h2-8H,1H3,(H2,17,19). The van der Waals surface area contributed by atoms with Crippen molar-refractivity contribution >= 4 is 27.6 Å². The van der Waals surface area contributed by atoms with Crippen molar-refractivity contribution in [3.05, 3.63) is 58.1 Å². The van der Waals surface area contributed by atoms with Crippen LogP contribution in [0.4, 0.5) is 0 Å². The highest BCUT2D eigenvalue weighted by Crippen LogP contribution is 2.30. The molecule has 4 nitrogen and oxygen atoms in total. The van der Waals surface area contributed by atoms with Gasteiger partial charge in [0.25, 0.3) is 5.91 Å². The van der Waals surface area contributed by atoms with Gasteiger partial charge in [-0.1, -0.05) is 28.1 Å². The molecule has 0 heterocycles. The molecule has 20 heavy (non-hydrogen) atoms. The lowest BCUT2D eigenvalue weighted by atomic mass is 10.1. The zero-order valence-electron chi connectivity index (χ0n) is 10.7. The van der Waals surface area contributed by atoms with E-state index in [2.05, 4.69) is 15.9 Å². The van der Waals surface area contributed by atoms with Crippen LogP contribution in [0.1, 0.15) is 27.6 Å². The van der Waals surface area contributed by atoms with Crippen LogP contribution in [-0.2, 0) is 0 Å². The van der Waals surface area contributed by atoms with Crippen molar-refractivity contribution in [2.75, 3.05) is 0 Å². The van der Waals surface area contributed by atoms with E-state index in [1.165, 1.54) is 6.92 Å². The lowest BCUT2D eigenvalue weighted by Gasteiger charge is -2.12. The first kappa shape index (κ1) is 14.3. The third kappa shape index (κ3) is 3.05. The fraction of sp³-hybridized carbons (Fsp3) is 0.0667. The van der Waals surface area contributed by atoms with Crippen molar-refractivity contribution in [1.82, 2.24) is 0 Å². The molecule has 2 rings (SSSR count). The summed E-state index contributed by atoms with van der Waals surface area (Å²) in [6.45, 7) is 1.45. The normalized spacial score (nSPS) is 10.1. The van der Waals surface area contributed by atoms with Gasteiger partial charge in [0.1, 0.15) is 11.5 Å². The van der Waals surface area contributed by atoms with E-state index in [0.29, 0.717) is 17.1 Å². The van der Waals surface area contributed by atoms with Gasteiger partial charge < -0.3 is 10.5 Å². The Morgan fingerprint density at radius 1 is 1.05 bits per heavy atom. The second-order valence-electron chi connectivity index (χ2n) is 4.16. The van der Waals surface area contributed by atoms with Crippen LogP contribution in [0.5, 0.6) is 11.5 Å². The highest BCUT2D eigenvalue weighted by Gasteiger charge is 2.14. The van der Waals surface area contributed by atoms with Crippen molar-refractivity contribution in [3.63, 3.8) is 0 Å². The molecule has 0 bridgehead atoms. The van der Waals surface area contributed by atoms with Crippen LogP contribution in [0.2, 0.25) is 0 Å². The Morgan fingerprint density at radius 2 is 1.70 bits per heavy atom. The van der Waals surface area contributed by atoms with Crippen LogP contribution >= 0.6 is 15.9 Å². The largest absolute Gasteiger partial charge is 0.456 e. The number of carbonyl (C=O) groups is 2. The maximum atomic E-state index is 11.6. The predicted octanol–water partition coefficient (Wildman–Crippen LogP) is 3.54. The smallest absolute Gasteiger partial charge is 0.252 e. The second-order valence-corrected chi connectivity index (χ2v) is 5.07. The summed E-state index contributed by atoms with van der Waals surface area (Å²) in [7, 11) is 0. The van der Waals surface area contributed by atoms with E-state index < -0.39 is 5.91 Å². The van der Waals surface area contributed by atoms with Crippen LogP contribution < -0.4 is 10.5 Å². The third-order valence-corrected chi connectivity index (χ3v) is 3.19. The molecule has 0 fully saturated rings. The molecule has 2 aromatic rings. The van der Waals surface area contributed by atoms with Gasteiger partial charge in [-0.25, -0.2) is 0 Å². The quantitative estimate of drug-likeness (QED) is 0.870. The van der Waals surface area contributed by atoms with Crippen LogP contribution in [-0.4, -0.2) is 11.7 Å². The van der Waals surface area contributed by atoms with E-state index in [9.17, 15) is 9.59 Å². The van der Waals surface area contributed by atoms with Crippen molar-refractivity contribution in [3.8, 4) is 11.5 Å². The summed E-state index contributed by atoms with van der Waals surface area (Å²) in [5, 5.41) is 0. The maximum Gasteiger partial charge on any atom is 0.252 e. The number of primary amides is 1. The average molecular weight is 334 g/mol. The van der Waals surface area contributed by atoms with E-state index in [4.69, 9.17) is 10.5 Å². The number of carbonyl (C=O) groups excluding carboxylic acids is 2. The highest BCUT2D eigenvalue weighted by atomic mass is 79.9. The first-order chi connectivity index (χ1) is 9.49. The number of Topliss-reactive ketones (excluding diaryl/α,β-unsaturated/α-hetero) is 1. The maximum absolute atomic E-state index is 11.6. The van der Waals surface area contributed by atoms with E-state index in [0.717, 1.165) is 4.47 Å². The minimum atomic E-state index is -0.581. The molecule has 0 saturated heterocycles. The molecule has 2 aromatic carbocycles. The van der Waals surface area contributed by atoms with Crippen molar-refractivity contribution in [2.45, 2.75) is 6.92 Å². The SMILES string of the molecule is CC(=O)c1cc(Br)ccc1Oc1ccccc1C(N)=O. The van der Waals surface area contributed by atoms with E-state index in [1.54, 1.807) is 42.5 Å². The number of halogens is 1. The minimum Gasteiger partial charge on any atom is -0.456 e. The topological polar surface area (TPSA) is 69.4 Å². The van der Waals surface area contributed by atoms with Gasteiger partial charge in [0.2, 0.25) is 0 Å². The Labute approximate surface area is 124 Å². The summed E-state index contributed by atoms with van der Waals surface area (Å²) in [6.07, 6.45) is 0. The summed E-state index contributed by atoms with van der Waals surface area (Å²) < 4.78 is 6.45. The van der Waals surface area contributed by atoms with Gasteiger partial charge in [0.15, 0.2) is 5.78 Å². The fourth-order valence-corrected chi connectivity index (χ4v) is 2.11. The first-order valence-electron chi connectivity index (χ1n) is 5.86. The lowest BCUT2D eigenvalue weighted by molar-refractivity contribution is 0.0996. The van der Waals surface area contributed by atoms with Crippen molar-refractivity contribution < 1.29 is 14.3 Å². The molecule has 0 saturated carbocycles. The molecule has 0 aliphatic heterocycles. The molecule has 1 amide bonds. The average Bonchev–Trinajstić information content (AvgIpc) is 2.41. The Balaban J connectivity index is 2.45. The number of ketones is 1. The summed E-state index contributed by atoms with van der Waals surface area (Å²) in [6, 6.07) is 11.7. The van der Waals surface area contributed by atoms with Gasteiger partial charge in [0.05, 0.1) is 11.1 Å². The van der Waals surface area contributed by atoms with Crippen LogP contribution in [0, 0.1) is 0 Å². The Kier molecular flexibility index (Phi) is 4.20. The summed E-state index contributed by atoms with van der Waals surface area (Å²) in [5.74, 6) is -0.000773. The number of hydrogen-bond donors (Lipinski definition) is 1.